The summed E-state index contributed by atoms with van der Waals surface area (Å²) in [5, 5.41) is 3.38. The summed E-state index contributed by atoms with van der Waals surface area (Å²) in [6.45, 7) is 6.48. The van der Waals surface area contributed by atoms with E-state index >= 15 is 0 Å². The van der Waals surface area contributed by atoms with E-state index in [9.17, 15) is 0 Å². The number of hydrogen-bond acceptors (Lipinski definition) is 1. The van der Waals surface area contributed by atoms with Crippen molar-refractivity contribution in [3.8, 4) is 12.3 Å². The summed E-state index contributed by atoms with van der Waals surface area (Å²) in [4.78, 5) is 0. The molecule has 1 N–H and O–H groups in total. The van der Waals surface area contributed by atoms with Crippen molar-refractivity contribution in [2.24, 2.45) is 0 Å². The van der Waals surface area contributed by atoms with Crippen LogP contribution in [0, 0.1) is 12.3 Å². The highest BCUT2D eigenvalue weighted by molar-refractivity contribution is 4.98. The first-order valence-corrected chi connectivity index (χ1v) is 4.46. The molecule has 2 atom stereocenters. The predicted molar refractivity (Wildman–Crippen MR) is 50.4 cm³/mol. The first-order valence-electron chi connectivity index (χ1n) is 4.46. The van der Waals surface area contributed by atoms with E-state index in [1.807, 2.05) is 0 Å². The SMILES string of the molecule is C#CC(CC)NC(C)CCC. The van der Waals surface area contributed by atoms with Gasteiger partial charge in [0.2, 0.25) is 0 Å². The number of rotatable bonds is 5. The molecule has 0 amide bonds. The lowest BCUT2D eigenvalue weighted by molar-refractivity contribution is 0.467. The minimum Gasteiger partial charge on any atom is -0.301 e. The molecule has 0 saturated carbocycles. The number of terminal acetylenes is 1. The van der Waals surface area contributed by atoms with Crippen molar-refractivity contribution >= 4 is 0 Å². The largest absolute Gasteiger partial charge is 0.301 e. The highest BCUT2D eigenvalue weighted by Crippen LogP contribution is 1.98. The molecule has 1 nitrogen and oxygen atoms in total. The van der Waals surface area contributed by atoms with Gasteiger partial charge in [0.25, 0.3) is 0 Å². The van der Waals surface area contributed by atoms with Crippen LogP contribution < -0.4 is 5.32 Å². The van der Waals surface area contributed by atoms with E-state index in [1.54, 1.807) is 0 Å². The lowest BCUT2D eigenvalue weighted by atomic mass is 10.1. The van der Waals surface area contributed by atoms with Crippen molar-refractivity contribution < 1.29 is 0 Å². The van der Waals surface area contributed by atoms with Crippen LogP contribution in [0.25, 0.3) is 0 Å². The van der Waals surface area contributed by atoms with Gasteiger partial charge in [0.15, 0.2) is 0 Å². The van der Waals surface area contributed by atoms with Crippen LogP contribution in [0.15, 0.2) is 0 Å². The zero-order valence-corrected chi connectivity index (χ0v) is 7.85. The summed E-state index contributed by atoms with van der Waals surface area (Å²) >= 11 is 0. The maximum absolute atomic E-state index is 5.32. The molecule has 0 aliphatic carbocycles. The summed E-state index contributed by atoms with van der Waals surface area (Å²) in [7, 11) is 0. The van der Waals surface area contributed by atoms with Gasteiger partial charge in [-0.2, -0.15) is 0 Å². The average Bonchev–Trinajstić information content (AvgIpc) is 2.01. The monoisotopic (exact) mass is 153 g/mol. The molecule has 0 rings (SSSR count). The van der Waals surface area contributed by atoms with E-state index in [1.165, 1.54) is 12.8 Å². The lowest BCUT2D eigenvalue weighted by Crippen LogP contribution is -2.34. The first kappa shape index (κ1) is 10.5. The maximum Gasteiger partial charge on any atom is 0.0686 e. The van der Waals surface area contributed by atoms with Crippen LogP contribution in [0.2, 0.25) is 0 Å². The van der Waals surface area contributed by atoms with Crippen LogP contribution >= 0.6 is 0 Å². The fourth-order valence-electron chi connectivity index (χ4n) is 1.14. The van der Waals surface area contributed by atoms with Gasteiger partial charge >= 0.3 is 0 Å². The Balaban J connectivity index is 3.55. The zero-order chi connectivity index (χ0) is 8.69. The van der Waals surface area contributed by atoms with E-state index in [-0.39, 0.29) is 6.04 Å². The summed E-state index contributed by atoms with van der Waals surface area (Å²) < 4.78 is 0. The molecule has 0 heterocycles. The molecule has 2 unspecified atom stereocenters. The van der Waals surface area contributed by atoms with Gasteiger partial charge in [0, 0.05) is 6.04 Å². The van der Waals surface area contributed by atoms with Crippen molar-refractivity contribution in [2.45, 2.75) is 52.1 Å². The van der Waals surface area contributed by atoms with Crippen LogP contribution in [0.3, 0.4) is 0 Å². The molecule has 1 heteroatoms. The third kappa shape index (κ3) is 4.86. The predicted octanol–water partition coefficient (Wildman–Crippen LogP) is 2.18. The van der Waals surface area contributed by atoms with Crippen molar-refractivity contribution in [2.75, 3.05) is 0 Å². The fourth-order valence-corrected chi connectivity index (χ4v) is 1.14. The maximum atomic E-state index is 5.32. The summed E-state index contributed by atoms with van der Waals surface area (Å²) in [6.07, 6.45) is 8.76. The molecular weight excluding hydrogens is 134 g/mol. The molecule has 11 heavy (non-hydrogen) atoms. The van der Waals surface area contributed by atoms with E-state index in [0.29, 0.717) is 6.04 Å². The Morgan fingerprint density at radius 3 is 2.45 bits per heavy atom. The quantitative estimate of drug-likeness (QED) is 0.597. The van der Waals surface area contributed by atoms with Gasteiger partial charge in [0.05, 0.1) is 6.04 Å². The Hall–Kier alpha value is -0.480. The van der Waals surface area contributed by atoms with Gasteiger partial charge in [-0.15, -0.1) is 6.42 Å². The summed E-state index contributed by atoms with van der Waals surface area (Å²) in [6, 6.07) is 0.817. The van der Waals surface area contributed by atoms with Crippen LogP contribution in [0.5, 0.6) is 0 Å². The molecule has 0 aromatic carbocycles. The molecule has 0 bridgehead atoms. The summed E-state index contributed by atoms with van der Waals surface area (Å²) in [5.74, 6) is 2.73. The van der Waals surface area contributed by atoms with Crippen LogP contribution in [0.1, 0.15) is 40.0 Å². The standard InChI is InChI=1S/C10H19N/c1-5-8-9(4)11-10(6-2)7-3/h2,9-11H,5,7-8H2,1,3-4H3. The fraction of sp³-hybridized carbons (Fsp3) is 0.800. The Morgan fingerprint density at radius 1 is 1.45 bits per heavy atom. The van der Waals surface area contributed by atoms with Gasteiger partial charge in [-0.25, -0.2) is 0 Å². The Labute approximate surface area is 70.6 Å². The molecule has 0 spiro atoms. The van der Waals surface area contributed by atoms with Crippen molar-refractivity contribution in [3.63, 3.8) is 0 Å². The minimum atomic E-state index is 0.261. The molecular formula is C10H19N. The molecule has 0 fully saturated rings. The van der Waals surface area contributed by atoms with Gasteiger partial charge in [-0.1, -0.05) is 26.2 Å². The highest BCUT2D eigenvalue weighted by atomic mass is 14.9. The van der Waals surface area contributed by atoms with Crippen molar-refractivity contribution in [3.05, 3.63) is 0 Å². The second-order valence-electron chi connectivity index (χ2n) is 2.98. The van der Waals surface area contributed by atoms with Crippen molar-refractivity contribution in [1.82, 2.24) is 5.32 Å². The second kappa shape index (κ2) is 6.24. The van der Waals surface area contributed by atoms with Gasteiger partial charge < -0.3 is 5.32 Å². The number of nitrogens with one attached hydrogen (secondary N) is 1. The summed E-state index contributed by atoms with van der Waals surface area (Å²) in [5.41, 5.74) is 0. The molecule has 0 aliphatic rings. The molecule has 64 valence electrons. The molecule has 0 aromatic heterocycles. The second-order valence-corrected chi connectivity index (χ2v) is 2.98. The van der Waals surface area contributed by atoms with Gasteiger partial charge in [0.1, 0.15) is 0 Å². The lowest BCUT2D eigenvalue weighted by Gasteiger charge is -2.16. The Morgan fingerprint density at radius 2 is 2.09 bits per heavy atom. The van der Waals surface area contributed by atoms with E-state index < -0.39 is 0 Å². The highest BCUT2D eigenvalue weighted by Gasteiger charge is 2.05. The molecule has 0 saturated heterocycles. The third-order valence-corrected chi connectivity index (χ3v) is 1.82. The molecule has 0 aromatic rings. The smallest absolute Gasteiger partial charge is 0.0686 e. The first-order chi connectivity index (χ1) is 5.24. The number of hydrogen-bond donors (Lipinski definition) is 1. The van der Waals surface area contributed by atoms with E-state index in [0.717, 1.165) is 6.42 Å². The third-order valence-electron chi connectivity index (χ3n) is 1.82. The topological polar surface area (TPSA) is 12.0 Å². The van der Waals surface area contributed by atoms with Crippen LogP contribution in [-0.2, 0) is 0 Å². The minimum absolute atomic E-state index is 0.261. The van der Waals surface area contributed by atoms with E-state index in [4.69, 9.17) is 6.42 Å². The zero-order valence-electron chi connectivity index (χ0n) is 7.85. The van der Waals surface area contributed by atoms with Gasteiger partial charge in [-0.3, -0.25) is 0 Å². The molecule has 0 aliphatic heterocycles. The van der Waals surface area contributed by atoms with Crippen molar-refractivity contribution in [1.29, 1.82) is 0 Å². The molecule has 0 radical (unpaired) electrons. The average molecular weight is 153 g/mol. The van der Waals surface area contributed by atoms with E-state index in [2.05, 4.69) is 32.0 Å². The Kier molecular flexibility index (Phi) is 5.97. The Bertz CT molecular complexity index is 123. The van der Waals surface area contributed by atoms with Crippen LogP contribution in [-0.4, -0.2) is 12.1 Å². The normalized spacial score (nSPS) is 15.5. The van der Waals surface area contributed by atoms with Crippen LogP contribution in [0.4, 0.5) is 0 Å². The van der Waals surface area contributed by atoms with Gasteiger partial charge in [-0.05, 0) is 19.8 Å².